The largest absolute Gasteiger partial charge is 0.495 e. The van der Waals surface area contributed by atoms with Crippen LogP contribution in [0.5, 0.6) is 5.75 Å². The third-order valence-electron chi connectivity index (χ3n) is 4.75. The number of para-hydroxylation sites is 2. The predicted octanol–water partition coefficient (Wildman–Crippen LogP) is 5.18. The maximum absolute atomic E-state index is 12.9. The van der Waals surface area contributed by atoms with Gasteiger partial charge in [-0.25, -0.2) is 0 Å². The molecular formula is C23H27N3O3S. The van der Waals surface area contributed by atoms with Crippen LogP contribution in [0.25, 0.3) is 0 Å². The Labute approximate surface area is 181 Å². The van der Waals surface area contributed by atoms with E-state index in [1.54, 1.807) is 7.11 Å². The number of benzene rings is 2. The second kappa shape index (κ2) is 10.3. The third-order valence-corrected chi connectivity index (χ3v) is 6.13. The van der Waals surface area contributed by atoms with E-state index in [-0.39, 0.29) is 23.0 Å². The minimum Gasteiger partial charge on any atom is -0.495 e. The molecule has 0 fully saturated rings. The Morgan fingerprint density at radius 2 is 1.77 bits per heavy atom. The van der Waals surface area contributed by atoms with Crippen molar-refractivity contribution >= 4 is 23.4 Å². The van der Waals surface area contributed by atoms with Crippen molar-refractivity contribution in [3.8, 4) is 5.75 Å². The van der Waals surface area contributed by atoms with E-state index in [1.165, 1.54) is 17.3 Å². The molecular weight excluding hydrogens is 398 g/mol. The predicted molar refractivity (Wildman–Crippen MR) is 119 cm³/mol. The number of ether oxygens (including phenoxy) is 1. The first-order chi connectivity index (χ1) is 14.5. The first-order valence-corrected chi connectivity index (χ1v) is 10.8. The van der Waals surface area contributed by atoms with Crippen molar-refractivity contribution in [2.45, 2.75) is 43.6 Å². The molecule has 1 amide bonds. The van der Waals surface area contributed by atoms with Crippen LogP contribution in [-0.2, 0) is 11.2 Å². The van der Waals surface area contributed by atoms with Crippen LogP contribution in [0.1, 0.15) is 38.1 Å². The van der Waals surface area contributed by atoms with E-state index in [9.17, 15) is 4.79 Å². The van der Waals surface area contributed by atoms with E-state index < -0.39 is 0 Å². The maximum atomic E-state index is 12.9. The number of aromatic nitrogens is 2. The number of amides is 1. The normalized spacial score (nSPS) is 13.1. The van der Waals surface area contributed by atoms with Gasteiger partial charge in [0.15, 0.2) is 0 Å². The Balaban J connectivity index is 1.66. The van der Waals surface area contributed by atoms with Crippen molar-refractivity contribution in [3.05, 3.63) is 66.1 Å². The van der Waals surface area contributed by atoms with Crippen LogP contribution < -0.4 is 10.1 Å². The summed E-state index contributed by atoms with van der Waals surface area (Å²) in [5, 5.41) is 11.3. The molecule has 2 unspecified atom stereocenters. The molecule has 3 aromatic rings. The first kappa shape index (κ1) is 21.9. The maximum Gasteiger partial charge on any atom is 0.277 e. The first-order valence-electron chi connectivity index (χ1n) is 9.95. The summed E-state index contributed by atoms with van der Waals surface area (Å²) in [4.78, 5) is 12.9. The topological polar surface area (TPSA) is 77.2 Å². The molecule has 1 heterocycles. The molecule has 0 aliphatic heterocycles. The van der Waals surface area contributed by atoms with Gasteiger partial charge in [-0.3, -0.25) is 4.79 Å². The van der Waals surface area contributed by atoms with Crippen LogP contribution in [0.4, 0.5) is 5.69 Å². The van der Waals surface area contributed by atoms with Gasteiger partial charge in [-0.15, -0.1) is 10.2 Å². The highest BCUT2D eigenvalue weighted by molar-refractivity contribution is 8.00. The van der Waals surface area contributed by atoms with E-state index in [0.717, 1.165) is 0 Å². The summed E-state index contributed by atoms with van der Waals surface area (Å²) >= 11 is 1.29. The number of hydrogen-bond donors (Lipinski definition) is 1. The quantitative estimate of drug-likeness (QED) is 0.476. The van der Waals surface area contributed by atoms with Crippen molar-refractivity contribution in [3.63, 3.8) is 0 Å². The molecule has 6 nitrogen and oxygen atoms in total. The average molecular weight is 426 g/mol. The highest BCUT2D eigenvalue weighted by atomic mass is 32.2. The number of thioether (sulfide) groups is 1. The molecule has 0 aliphatic rings. The zero-order valence-corrected chi connectivity index (χ0v) is 18.5. The van der Waals surface area contributed by atoms with Gasteiger partial charge >= 0.3 is 0 Å². The molecule has 1 N–H and O–H groups in total. The van der Waals surface area contributed by atoms with Crippen molar-refractivity contribution in [1.82, 2.24) is 10.2 Å². The van der Waals surface area contributed by atoms with Gasteiger partial charge in [-0.05, 0) is 29.5 Å². The van der Waals surface area contributed by atoms with Crippen molar-refractivity contribution in [2.24, 2.45) is 5.92 Å². The third kappa shape index (κ3) is 5.63. The van der Waals surface area contributed by atoms with Crippen molar-refractivity contribution < 1.29 is 13.9 Å². The summed E-state index contributed by atoms with van der Waals surface area (Å²) in [6.45, 7) is 6.12. The zero-order valence-electron chi connectivity index (χ0n) is 17.7. The molecule has 2 aromatic carbocycles. The van der Waals surface area contributed by atoms with Crippen LogP contribution in [0.2, 0.25) is 0 Å². The Morgan fingerprint density at radius 3 is 2.47 bits per heavy atom. The van der Waals surface area contributed by atoms with Gasteiger partial charge in [0.05, 0.1) is 18.0 Å². The van der Waals surface area contributed by atoms with Crippen LogP contribution in [0.3, 0.4) is 0 Å². The minimum absolute atomic E-state index is 0.0725. The van der Waals surface area contributed by atoms with Gasteiger partial charge in [0.1, 0.15) is 5.75 Å². The second-order valence-electron chi connectivity index (χ2n) is 7.45. The van der Waals surface area contributed by atoms with E-state index in [4.69, 9.17) is 9.15 Å². The van der Waals surface area contributed by atoms with E-state index in [0.29, 0.717) is 29.0 Å². The van der Waals surface area contributed by atoms with Gasteiger partial charge in [0.25, 0.3) is 5.22 Å². The van der Waals surface area contributed by atoms with E-state index in [2.05, 4.69) is 34.6 Å². The molecule has 3 rings (SSSR count). The second-order valence-corrected chi connectivity index (χ2v) is 8.54. The Kier molecular flexibility index (Phi) is 7.52. The molecule has 30 heavy (non-hydrogen) atoms. The van der Waals surface area contributed by atoms with Gasteiger partial charge in [0.2, 0.25) is 11.8 Å². The smallest absolute Gasteiger partial charge is 0.277 e. The summed E-state index contributed by atoms with van der Waals surface area (Å²) < 4.78 is 11.2. The molecule has 0 bridgehead atoms. The number of carbonyl (C=O) groups excluding carboxylic acids is 1. The lowest BCUT2D eigenvalue weighted by Gasteiger charge is -2.19. The monoisotopic (exact) mass is 425 g/mol. The molecule has 0 spiro atoms. The summed E-state index contributed by atoms with van der Waals surface area (Å²) in [6, 6.07) is 17.6. The number of nitrogens with zero attached hydrogens (tertiary/aromatic N) is 2. The summed E-state index contributed by atoms with van der Waals surface area (Å²) in [6.07, 6.45) is 0.650. The average Bonchev–Trinajstić information content (AvgIpc) is 3.19. The summed E-state index contributed by atoms with van der Waals surface area (Å²) in [5.74, 6) is 1.40. The fourth-order valence-corrected chi connectivity index (χ4v) is 3.97. The number of methoxy groups -OCH3 is 1. The number of nitrogens with one attached hydrogen (secondary N) is 1. The van der Waals surface area contributed by atoms with Crippen molar-refractivity contribution in [2.75, 3.05) is 12.4 Å². The van der Waals surface area contributed by atoms with Crippen molar-refractivity contribution in [1.29, 1.82) is 0 Å². The van der Waals surface area contributed by atoms with Gasteiger partial charge in [-0.2, -0.15) is 0 Å². The molecule has 0 aliphatic carbocycles. The standard InChI is InChI=1S/C23H27N3O3S/c1-15(2)21(22(27)24-18-12-8-9-13-19(18)28-4)30-23-26-25-20(29-23)14-16(3)17-10-6-5-7-11-17/h5-13,15-16,21H,14H2,1-4H3,(H,24,27). The summed E-state index contributed by atoms with van der Waals surface area (Å²) in [7, 11) is 1.58. The molecule has 1 aromatic heterocycles. The fourth-order valence-electron chi connectivity index (χ4n) is 3.08. The zero-order chi connectivity index (χ0) is 21.5. The van der Waals surface area contributed by atoms with Crippen LogP contribution in [0.15, 0.2) is 64.2 Å². The van der Waals surface area contributed by atoms with Crippen LogP contribution in [0, 0.1) is 5.92 Å². The van der Waals surface area contributed by atoms with Crippen LogP contribution >= 0.6 is 11.8 Å². The van der Waals surface area contributed by atoms with Gasteiger partial charge in [0, 0.05) is 6.42 Å². The van der Waals surface area contributed by atoms with E-state index >= 15 is 0 Å². The minimum atomic E-state index is -0.380. The fraction of sp³-hybridized carbons (Fsp3) is 0.348. The highest BCUT2D eigenvalue weighted by Crippen LogP contribution is 2.31. The Hall–Kier alpha value is -2.80. The van der Waals surface area contributed by atoms with Gasteiger partial charge in [-0.1, -0.05) is 75.0 Å². The molecule has 0 saturated heterocycles. The lowest BCUT2D eigenvalue weighted by atomic mass is 9.98. The number of anilines is 1. The number of rotatable bonds is 9. The Bertz CT molecular complexity index is 959. The molecule has 0 saturated carbocycles. The molecule has 158 valence electrons. The lowest BCUT2D eigenvalue weighted by Crippen LogP contribution is -2.29. The molecule has 7 heteroatoms. The lowest BCUT2D eigenvalue weighted by molar-refractivity contribution is -0.116. The highest BCUT2D eigenvalue weighted by Gasteiger charge is 2.27. The SMILES string of the molecule is COc1ccccc1NC(=O)C(Sc1nnc(CC(C)c2ccccc2)o1)C(C)C. The van der Waals surface area contributed by atoms with Gasteiger partial charge < -0.3 is 14.5 Å². The summed E-state index contributed by atoms with van der Waals surface area (Å²) in [5.41, 5.74) is 1.86. The number of carbonyl (C=O) groups is 1. The molecule has 0 radical (unpaired) electrons. The number of hydrogen-bond acceptors (Lipinski definition) is 6. The van der Waals surface area contributed by atoms with E-state index in [1.807, 2.05) is 56.3 Å². The Morgan fingerprint density at radius 1 is 1.07 bits per heavy atom. The molecule has 2 atom stereocenters. The van der Waals surface area contributed by atoms with Crippen LogP contribution in [-0.4, -0.2) is 28.5 Å².